The quantitative estimate of drug-likeness (QED) is 0.699. The number of nitrogens with zero attached hydrogens (tertiary/aromatic N) is 2. The van der Waals surface area contributed by atoms with Crippen molar-refractivity contribution in [1.82, 2.24) is 9.97 Å². The minimum atomic E-state index is 0.375. The van der Waals surface area contributed by atoms with Crippen LogP contribution in [0.5, 0.6) is 0 Å². The first-order valence-corrected chi connectivity index (χ1v) is 4.55. The van der Waals surface area contributed by atoms with Crippen molar-refractivity contribution in [2.24, 2.45) is 5.73 Å². The average Bonchev–Trinajstić information content (AvgIpc) is 2.01. The normalized spacial score (nSPS) is 26.6. The minimum absolute atomic E-state index is 0.375. The molecule has 0 amide bonds. The Morgan fingerprint density at radius 3 is 2.85 bits per heavy atom. The van der Waals surface area contributed by atoms with Crippen LogP contribution in [0.25, 0.3) is 0 Å². The van der Waals surface area contributed by atoms with Gasteiger partial charge < -0.3 is 11.1 Å². The van der Waals surface area contributed by atoms with Crippen LogP contribution in [0.3, 0.4) is 0 Å². The van der Waals surface area contributed by atoms with E-state index in [9.17, 15) is 0 Å². The van der Waals surface area contributed by atoms with E-state index in [0.29, 0.717) is 12.1 Å². The number of aromatic nitrogens is 2. The van der Waals surface area contributed by atoms with Gasteiger partial charge in [0.2, 0.25) is 0 Å². The highest BCUT2D eigenvalue weighted by Gasteiger charge is 2.25. The maximum absolute atomic E-state index is 5.68. The molecule has 0 bridgehead atoms. The minimum Gasteiger partial charge on any atom is -0.367 e. The van der Waals surface area contributed by atoms with Gasteiger partial charge in [-0.25, -0.2) is 9.97 Å². The Balaban J connectivity index is 1.94. The van der Waals surface area contributed by atoms with Crippen molar-refractivity contribution in [3.05, 3.63) is 18.1 Å². The molecule has 3 N–H and O–H groups in total. The highest BCUT2D eigenvalue weighted by Crippen LogP contribution is 2.21. The van der Waals surface area contributed by atoms with Crippen molar-refractivity contribution in [1.29, 1.82) is 0 Å². The first kappa shape index (κ1) is 8.44. The summed E-state index contributed by atoms with van der Waals surface area (Å²) in [7, 11) is 0. The van der Waals surface area contributed by atoms with Gasteiger partial charge in [-0.1, -0.05) is 0 Å². The summed E-state index contributed by atoms with van der Waals surface area (Å²) in [5.41, 5.74) is 6.67. The molecule has 0 radical (unpaired) electrons. The number of hydrogen-bond donors (Lipinski definition) is 2. The topological polar surface area (TPSA) is 63.8 Å². The largest absolute Gasteiger partial charge is 0.367 e. The van der Waals surface area contributed by atoms with Gasteiger partial charge >= 0.3 is 0 Å². The molecule has 0 aliphatic heterocycles. The molecule has 1 saturated carbocycles. The highest BCUT2D eigenvalue weighted by atomic mass is 15.1. The highest BCUT2D eigenvalue weighted by molar-refractivity contribution is 5.36. The van der Waals surface area contributed by atoms with E-state index in [0.717, 1.165) is 24.4 Å². The second-order valence-electron chi connectivity index (χ2n) is 3.62. The SMILES string of the molecule is Cc1cc(NC2CC(N)C2)ncn1. The lowest BCUT2D eigenvalue weighted by Crippen LogP contribution is -2.44. The van der Waals surface area contributed by atoms with Crippen molar-refractivity contribution < 1.29 is 0 Å². The molecule has 13 heavy (non-hydrogen) atoms. The summed E-state index contributed by atoms with van der Waals surface area (Å²) >= 11 is 0. The second-order valence-corrected chi connectivity index (χ2v) is 3.62. The monoisotopic (exact) mass is 178 g/mol. The smallest absolute Gasteiger partial charge is 0.129 e. The van der Waals surface area contributed by atoms with E-state index in [2.05, 4.69) is 15.3 Å². The predicted molar refractivity (Wildman–Crippen MR) is 51.4 cm³/mol. The Bertz CT molecular complexity index is 293. The Kier molecular flexibility index (Phi) is 2.14. The van der Waals surface area contributed by atoms with Gasteiger partial charge in [-0.15, -0.1) is 0 Å². The van der Waals surface area contributed by atoms with Crippen molar-refractivity contribution >= 4 is 5.82 Å². The molecule has 1 aromatic rings. The average molecular weight is 178 g/mol. The van der Waals surface area contributed by atoms with Crippen LogP contribution in [0.15, 0.2) is 12.4 Å². The first-order valence-electron chi connectivity index (χ1n) is 4.55. The van der Waals surface area contributed by atoms with Gasteiger partial charge in [0.25, 0.3) is 0 Å². The fraction of sp³-hybridized carbons (Fsp3) is 0.556. The zero-order valence-electron chi connectivity index (χ0n) is 7.70. The molecular formula is C9H14N4. The Morgan fingerprint density at radius 1 is 1.46 bits per heavy atom. The van der Waals surface area contributed by atoms with Crippen molar-refractivity contribution in [2.45, 2.75) is 31.8 Å². The Labute approximate surface area is 77.6 Å². The van der Waals surface area contributed by atoms with Gasteiger partial charge in [-0.3, -0.25) is 0 Å². The maximum Gasteiger partial charge on any atom is 0.129 e. The zero-order chi connectivity index (χ0) is 9.26. The molecule has 1 aliphatic rings. The number of nitrogens with one attached hydrogen (secondary N) is 1. The van der Waals surface area contributed by atoms with Gasteiger partial charge in [-0.2, -0.15) is 0 Å². The Morgan fingerprint density at radius 2 is 2.23 bits per heavy atom. The molecular weight excluding hydrogens is 164 g/mol. The van der Waals surface area contributed by atoms with Crippen LogP contribution in [-0.2, 0) is 0 Å². The van der Waals surface area contributed by atoms with E-state index in [4.69, 9.17) is 5.73 Å². The summed E-state index contributed by atoms with van der Waals surface area (Å²) in [5.74, 6) is 0.907. The summed E-state index contributed by atoms with van der Waals surface area (Å²) in [6, 6.07) is 2.83. The van der Waals surface area contributed by atoms with Gasteiger partial charge in [-0.05, 0) is 19.8 Å². The maximum atomic E-state index is 5.68. The van der Waals surface area contributed by atoms with E-state index >= 15 is 0 Å². The summed E-state index contributed by atoms with van der Waals surface area (Å²) in [6.07, 6.45) is 3.67. The van der Waals surface area contributed by atoms with Crippen LogP contribution in [0.4, 0.5) is 5.82 Å². The van der Waals surface area contributed by atoms with E-state index in [1.807, 2.05) is 13.0 Å². The van der Waals surface area contributed by atoms with Crippen LogP contribution < -0.4 is 11.1 Å². The van der Waals surface area contributed by atoms with Crippen LogP contribution in [-0.4, -0.2) is 22.1 Å². The van der Waals surface area contributed by atoms with Gasteiger partial charge in [0.05, 0.1) is 0 Å². The van der Waals surface area contributed by atoms with Crippen LogP contribution in [0.2, 0.25) is 0 Å². The molecule has 1 aromatic heterocycles. The third kappa shape index (κ3) is 1.95. The lowest BCUT2D eigenvalue weighted by atomic mass is 9.88. The molecule has 1 fully saturated rings. The number of aryl methyl sites for hydroxylation is 1. The van der Waals surface area contributed by atoms with Crippen LogP contribution in [0.1, 0.15) is 18.5 Å². The molecule has 70 valence electrons. The predicted octanol–water partition coefficient (Wildman–Crippen LogP) is 0.687. The third-order valence-corrected chi connectivity index (χ3v) is 2.33. The summed E-state index contributed by atoms with van der Waals surface area (Å²) < 4.78 is 0. The van der Waals surface area contributed by atoms with Crippen LogP contribution in [0, 0.1) is 6.92 Å². The zero-order valence-corrected chi connectivity index (χ0v) is 7.70. The molecule has 1 heterocycles. The number of nitrogens with two attached hydrogens (primary N) is 1. The third-order valence-electron chi connectivity index (χ3n) is 2.33. The fourth-order valence-corrected chi connectivity index (χ4v) is 1.52. The summed E-state index contributed by atoms with van der Waals surface area (Å²) in [4.78, 5) is 8.15. The number of anilines is 1. The number of hydrogen-bond acceptors (Lipinski definition) is 4. The van der Waals surface area contributed by atoms with Gasteiger partial charge in [0, 0.05) is 23.8 Å². The van der Waals surface area contributed by atoms with Crippen molar-refractivity contribution in [2.75, 3.05) is 5.32 Å². The van der Waals surface area contributed by atoms with E-state index in [-0.39, 0.29) is 0 Å². The molecule has 0 atom stereocenters. The first-order chi connectivity index (χ1) is 6.24. The molecule has 4 heteroatoms. The standard InChI is InChI=1S/C9H14N4/c1-6-2-9(12-5-11-6)13-8-3-7(10)4-8/h2,5,7-8H,3-4,10H2,1H3,(H,11,12,13). The van der Waals surface area contributed by atoms with E-state index in [1.54, 1.807) is 6.33 Å². The Hall–Kier alpha value is -1.16. The molecule has 0 saturated heterocycles. The molecule has 4 nitrogen and oxygen atoms in total. The second kappa shape index (κ2) is 3.30. The molecule has 2 rings (SSSR count). The van der Waals surface area contributed by atoms with Crippen molar-refractivity contribution in [3.8, 4) is 0 Å². The van der Waals surface area contributed by atoms with Gasteiger partial charge in [0.1, 0.15) is 12.1 Å². The van der Waals surface area contributed by atoms with Crippen LogP contribution >= 0.6 is 0 Å². The summed E-state index contributed by atoms with van der Waals surface area (Å²) in [6.45, 7) is 1.96. The molecule has 0 unspecified atom stereocenters. The van der Waals surface area contributed by atoms with E-state index in [1.165, 1.54) is 0 Å². The molecule has 1 aliphatic carbocycles. The van der Waals surface area contributed by atoms with Gasteiger partial charge in [0.15, 0.2) is 0 Å². The molecule has 0 aromatic carbocycles. The number of rotatable bonds is 2. The molecule has 0 spiro atoms. The summed E-state index contributed by atoms with van der Waals surface area (Å²) in [5, 5.41) is 3.32. The fourth-order valence-electron chi connectivity index (χ4n) is 1.52. The van der Waals surface area contributed by atoms with Crippen molar-refractivity contribution in [3.63, 3.8) is 0 Å². The lowest BCUT2D eigenvalue weighted by molar-refractivity contribution is 0.373. The lowest BCUT2D eigenvalue weighted by Gasteiger charge is -2.33. The van der Waals surface area contributed by atoms with E-state index < -0.39 is 0 Å².